The highest BCUT2D eigenvalue weighted by atomic mass is 16.1. The Hall–Kier alpha value is -2.37. The molecule has 0 spiro atoms. The van der Waals surface area contributed by atoms with Gasteiger partial charge in [0.15, 0.2) is 0 Å². The van der Waals surface area contributed by atoms with Crippen molar-refractivity contribution >= 4 is 11.6 Å². The maximum atomic E-state index is 11.7. The van der Waals surface area contributed by atoms with Crippen molar-refractivity contribution in [1.29, 1.82) is 0 Å². The summed E-state index contributed by atoms with van der Waals surface area (Å²) in [7, 11) is 0. The summed E-state index contributed by atoms with van der Waals surface area (Å²) in [5.41, 5.74) is 7.33. The molecule has 2 heterocycles. The monoisotopic (exact) mass is 217 g/mol. The number of aromatic nitrogens is 3. The van der Waals surface area contributed by atoms with Crippen molar-refractivity contribution < 1.29 is 4.79 Å². The fraction of sp³-hybridized carbons (Fsp3) is 0.100. The van der Waals surface area contributed by atoms with Crippen molar-refractivity contribution in [2.45, 2.75) is 6.54 Å². The number of rotatable bonds is 3. The molecule has 82 valence electrons. The summed E-state index contributed by atoms with van der Waals surface area (Å²) in [6.45, 7) is 0.414. The van der Waals surface area contributed by atoms with Crippen molar-refractivity contribution in [3.8, 4) is 0 Å². The van der Waals surface area contributed by atoms with Gasteiger partial charge < -0.3 is 11.1 Å². The molecule has 0 atom stereocenters. The van der Waals surface area contributed by atoms with Gasteiger partial charge in [-0.05, 0) is 6.07 Å². The van der Waals surface area contributed by atoms with Gasteiger partial charge in [0, 0.05) is 24.5 Å². The molecule has 0 aliphatic carbocycles. The Morgan fingerprint density at radius 3 is 3.06 bits per heavy atom. The van der Waals surface area contributed by atoms with Crippen molar-refractivity contribution in [1.82, 2.24) is 20.5 Å². The maximum Gasteiger partial charge on any atom is 0.253 e. The normalized spacial score (nSPS) is 10.0. The number of nitrogen functional groups attached to an aromatic ring is 1. The van der Waals surface area contributed by atoms with Gasteiger partial charge in [0.1, 0.15) is 0 Å². The number of nitrogens with zero attached hydrogens (tertiary/aromatic N) is 2. The van der Waals surface area contributed by atoms with Gasteiger partial charge in [-0.3, -0.25) is 14.9 Å². The highest BCUT2D eigenvalue weighted by molar-refractivity contribution is 5.98. The first-order valence-corrected chi connectivity index (χ1v) is 4.72. The van der Waals surface area contributed by atoms with Crippen LogP contribution in [0.5, 0.6) is 0 Å². The Morgan fingerprint density at radius 1 is 1.50 bits per heavy atom. The molecule has 0 saturated heterocycles. The molecular weight excluding hydrogens is 206 g/mol. The van der Waals surface area contributed by atoms with Gasteiger partial charge in [-0.1, -0.05) is 0 Å². The summed E-state index contributed by atoms with van der Waals surface area (Å²) in [6.07, 6.45) is 6.35. The third kappa shape index (κ3) is 2.17. The molecular formula is C10H11N5O. The molecule has 0 saturated carbocycles. The molecule has 0 aliphatic heterocycles. The lowest BCUT2D eigenvalue weighted by molar-refractivity contribution is 0.0951. The minimum atomic E-state index is -0.221. The molecule has 16 heavy (non-hydrogen) atoms. The Morgan fingerprint density at radius 2 is 2.38 bits per heavy atom. The fourth-order valence-electron chi connectivity index (χ4n) is 1.27. The maximum absolute atomic E-state index is 11.7. The van der Waals surface area contributed by atoms with Crippen LogP contribution < -0.4 is 11.1 Å². The molecule has 6 nitrogen and oxygen atoms in total. The molecule has 2 rings (SSSR count). The van der Waals surface area contributed by atoms with Gasteiger partial charge in [-0.2, -0.15) is 5.10 Å². The van der Waals surface area contributed by atoms with Crippen LogP contribution in [0.4, 0.5) is 5.69 Å². The summed E-state index contributed by atoms with van der Waals surface area (Å²) in [5.74, 6) is -0.221. The number of carbonyl (C=O) groups is 1. The molecule has 2 aromatic rings. The number of nitrogens with one attached hydrogen (secondary N) is 2. The lowest BCUT2D eigenvalue weighted by Gasteiger charge is -2.05. The summed E-state index contributed by atoms with van der Waals surface area (Å²) in [6, 6.07) is 1.58. The molecule has 0 radical (unpaired) electrons. The van der Waals surface area contributed by atoms with E-state index in [9.17, 15) is 4.79 Å². The minimum absolute atomic E-state index is 0.221. The summed E-state index contributed by atoms with van der Waals surface area (Å²) in [5, 5.41) is 9.18. The molecule has 6 heteroatoms. The van der Waals surface area contributed by atoms with Crippen LogP contribution in [0, 0.1) is 0 Å². The smallest absolute Gasteiger partial charge is 0.253 e. The Balaban J connectivity index is 2.01. The van der Waals surface area contributed by atoms with Crippen LogP contribution >= 0.6 is 0 Å². The third-order valence-electron chi connectivity index (χ3n) is 2.10. The van der Waals surface area contributed by atoms with E-state index in [2.05, 4.69) is 20.5 Å². The van der Waals surface area contributed by atoms with Crippen molar-refractivity contribution in [2.24, 2.45) is 0 Å². The Bertz CT molecular complexity index is 480. The van der Waals surface area contributed by atoms with E-state index in [-0.39, 0.29) is 5.91 Å². The summed E-state index contributed by atoms with van der Waals surface area (Å²) < 4.78 is 0. The molecule has 4 N–H and O–H groups in total. The van der Waals surface area contributed by atoms with Gasteiger partial charge in [0.2, 0.25) is 0 Å². The third-order valence-corrected chi connectivity index (χ3v) is 2.10. The van der Waals surface area contributed by atoms with Crippen molar-refractivity contribution in [3.05, 3.63) is 42.0 Å². The second kappa shape index (κ2) is 4.43. The molecule has 0 fully saturated rings. The predicted octanol–water partition coefficient (Wildman–Crippen LogP) is 0.317. The van der Waals surface area contributed by atoms with Crippen LogP contribution in [0.1, 0.15) is 15.9 Å². The van der Waals surface area contributed by atoms with Gasteiger partial charge in [0.25, 0.3) is 5.91 Å². The van der Waals surface area contributed by atoms with Crippen LogP contribution in [-0.2, 0) is 6.54 Å². The lowest BCUT2D eigenvalue weighted by Crippen LogP contribution is -2.23. The van der Waals surface area contributed by atoms with E-state index in [1.165, 1.54) is 12.4 Å². The first kappa shape index (κ1) is 10.2. The summed E-state index contributed by atoms with van der Waals surface area (Å²) in [4.78, 5) is 15.5. The zero-order chi connectivity index (χ0) is 11.4. The van der Waals surface area contributed by atoms with Crippen LogP contribution in [0.15, 0.2) is 30.9 Å². The van der Waals surface area contributed by atoms with Crippen molar-refractivity contribution in [2.75, 3.05) is 5.73 Å². The molecule has 0 bridgehead atoms. The largest absolute Gasteiger partial charge is 0.397 e. The fourth-order valence-corrected chi connectivity index (χ4v) is 1.27. The van der Waals surface area contributed by atoms with Crippen LogP contribution in [0.2, 0.25) is 0 Å². The van der Waals surface area contributed by atoms with E-state index >= 15 is 0 Å². The number of aromatic amines is 1. The minimum Gasteiger partial charge on any atom is -0.397 e. The number of carbonyl (C=O) groups excluding carboxylic acids is 1. The number of amides is 1. The number of anilines is 1. The average molecular weight is 217 g/mol. The quantitative estimate of drug-likeness (QED) is 0.689. The van der Waals surface area contributed by atoms with E-state index in [1.807, 2.05) is 0 Å². The van der Waals surface area contributed by atoms with Crippen LogP contribution in [-0.4, -0.2) is 21.1 Å². The van der Waals surface area contributed by atoms with E-state index in [0.717, 1.165) is 5.56 Å². The highest BCUT2D eigenvalue weighted by Crippen LogP contribution is 2.08. The number of nitrogens with two attached hydrogens (primary N) is 1. The highest BCUT2D eigenvalue weighted by Gasteiger charge is 2.08. The standard InChI is InChI=1S/C10H11N5O/c11-9-6-12-2-1-8(9)10(16)13-3-7-4-14-15-5-7/h1-2,4-6H,3,11H2,(H,13,16)(H,14,15). The second-order valence-corrected chi connectivity index (χ2v) is 3.25. The predicted molar refractivity (Wildman–Crippen MR) is 58.4 cm³/mol. The zero-order valence-electron chi connectivity index (χ0n) is 8.47. The zero-order valence-corrected chi connectivity index (χ0v) is 8.47. The van der Waals surface area contributed by atoms with Gasteiger partial charge in [-0.25, -0.2) is 0 Å². The van der Waals surface area contributed by atoms with Crippen LogP contribution in [0.3, 0.4) is 0 Å². The number of H-pyrrole nitrogens is 1. The lowest BCUT2D eigenvalue weighted by atomic mass is 10.2. The molecule has 1 amide bonds. The number of hydrogen-bond donors (Lipinski definition) is 3. The summed E-state index contributed by atoms with van der Waals surface area (Å²) >= 11 is 0. The van der Waals surface area contributed by atoms with Gasteiger partial charge in [0.05, 0.1) is 23.6 Å². The van der Waals surface area contributed by atoms with Gasteiger partial charge >= 0.3 is 0 Å². The van der Waals surface area contributed by atoms with Crippen LogP contribution in [0.25, 0.3) is 0 Å². The first-order chi connectivity index (χ1) is 7.77. The van der Waals surface area contributed by atoms with Gasteiger partial charge in [-0.15, -0.1) is 0 Å². The Kier molecular flexibility index (Phi) is 2.81. The first-order valence-electron chi connectivity index (χ1n) is 4.72. The van der Waals surface area contributed by atoms with E-state index in [4.69, 9.17) is 5.73 Å². The number of hydrogen-bond acceptors (Lipinski definition) is 4. The Labute approximate surface area is 91.9 Å². The van der Waals surface area contributed by atoms with Crippen molar-refractivity contribution in [3.63, 3.8) is 0 Å². The molecule has 2 aromatic heterocycles. The average Bonchev–Trinajstić information content (AvgIpc) is 2.79. The SMILES string of the molecule is Nc1cnccc1C(=O)NCc1cn[nH]c1. The molecule has 0 unspecified atom stereocenters. The van der Waals surface area contributed by atoms with E-state index < -0.39 is 0 Å². The number of pyridine rings is 1. The molecule has 0 aromatic carbocycles. The topological polar surface area (TPSA) is 96.7 Å². The van der Waals surface area contributed by atoms with E-state index in [1.54, 1.807) is 18.5 Å². The molecule has 0 aliphatic rings. The second-order valence-electron chi connectivity index (χ2n) is 3.25. The van der Waals surface area contributed by atoms with E-state index in [0.29, 0.717) is 17.8 Å².